The van der Waals surface area contributed by atoms with Crippen LogP contribution in [0.5, 0.6) is 0 Å². The van der Waals surface area contributed by atoms with Gasteiger partial charge in [0, 0.05) is 11.5 Å². The highest BCUT2D eigenvalue weighted by atomic mass is 19.1. The molecule has 1 radical (unpaired) electrons. The molecule has 1 aromatic heterocycles. The van der Waals surface area contributed by atoms with Gasteiger partial charge < -0.3 is 5.73 Å². The molecule has 1 heterocycles. The molecule has 0 saturated carbocycles. The number of hydrogen-bond donors (Lipinski definition) is 2. The average Bonchev–Trinajstić information content (AvgIpc) is 2.35. The number of halogens is 1. The number of hydrogen-bond acceptors (Lipinski definition) is 2. The van der Waals surface area contributed by atoms with Crippen LogP contribution in [-0.2, 0) is 0 Å². The number of fused-ring (bicyclic) bond motifs is 1. The third kappa shape index (κ3) is 0.756. The number of anilines is 1. The summed E-state index contributed by atoms with van der Waals surface area (Å²) in [6.07, 6.45) is 0. The number of rotatable bonds is 0. The van der Waals surface area contributed by atoms with Crippen LogP contribution in [0.3, 0.4) is 0 Å². The van der Waals surface area contributed by atoms with Crippen LogP contribution in [0.2, 0.25) is 0 Å². The zero-order valence-electron chi connectivity index (χ0n) is 5.56. The topological polar surface area (TPSA) is 54.7 Å². The molecule has 0 aliphatic carbocycles. The molecule has 0 fully saturated rings. The van der Waals surface area contributed by atoms with Crippen molar-refractivity contribution in [1.29, 1.82) is 0 Å². The molecule has 0 unspecified atom stereocenters. The fraction of sp³-hybridized carbons (Fsp3) is 0. The van der Waals surface area contributed by atoms with E-state index in [1.54, 1.807) is 6.07 Å². The predicted octanol–water partition coefficient (Wildman–Crippen LogP) is 1.08. The lowest BCUT2D eigenvalue weighted by Gasteiger charge is -1.88. The minimum atomic E-state index is -0.452. The predicted molar refractivity (Wildman–Crippen MR) is 39.3 cm³/mol. The largest absolute Gasteiger partial charge is 0.382 e. The van der Waals surface area contributed by atoms with Gasteiger partial charge in [0.15, 0.2) is 11.6 Å². The van der Waals surface area contributed by atoms with Gasteiger partial charge in [0.05, 0.1) is 0 Å². The molecular weight excluding hydrogens is 145 g/mol. The summed E-state index contributed by atoms with van der Waals surface area (Å²) in [7, 11) is 0. The Kier molecular flexibility index (Phi) is 1.09. The van der Waals surface area contributed by atoms with Gasteiger partial charge in [-0.3, -0.25) is 5.10 Å². The third-order valence-electron chi connectivity index (χ3n) is 1.51. The first kappa shape index (κ1) is 6.15. The molecule has 3 N–H and O–H groups in total. The maximum Gasteiger partial charge on any atom is 0.156 e. The Hall–Kier alpha value is -1.58. The van der Waals surface area contributed by atoms with Crippen LogP contribution in [0, 0.1) is 11.9 Å². The molecule has 0 bridgehead atoms. The summed E-state index contributed by atoms with van der Waals surface area (Å²) in [5.74, 6) is -0.139. The fourth-order valence-electron chi connectivity index (χ4n) is 0.971. The molecule has 0 spiro atoms. The highest BCUT2D eigenvalue weighted by Crippen LogP contribution is 2.18. The smallest absolute Gasteiger partial charge is 0.156 e. The molecular formula is C7H5FN3. The molecule has 0 aliphatic heterocycles. The second-order valence-electron chi connectivity index (χ2n) is 2.19. The second kappa shape index (κ2) is 1.95. The van der Waals surface area contributed by atoms with Gasteiger partial charge in [0.2, 0.25) is 0 Å². The lowest BCUT2D eigenvalue weighted by atomic mass is 10.2. The Morgan fingerprint density at radius 3 is 3.18 bits per heavy atom. The average molecular weight is 150 g/mol. The molecule has 3 nitrogen and oxygen atoms in total. The van der Waals surface area contributed by atoms with E-state index >= 15 is 0 Å². The van der Waals surface area contributed by atoms with Crippen LogP contribution in [0.4, 0.5) is 10.2 Å². The summed E-state index contributed by atoms with van der Waals surface area (Å²) in [6.45, 7) is 0. The summed E-state index contributed by atoms with van der Waals surface area (Å²) in [6, 6.07) is 5.53. The van der Waals surface area contributed by atoms with Crippen LogP contribution < -0.4 is 5.73 Å². The monoisotopic (exact) mass is 150 g/mol. The van der Waals surface area contributed by atoms with Crippen LogP contribution in [0.15, 0.2) is 12.1 Å². The van der Waals surface area contributed by atoms with E-state index < -0.39 is 5.82 Å². The van der Waals surface area contributed by atoms with Gasteiger partial charge in [-0.1, -0.05) is 6.07 Å². The van der Waals surface area contributed by atoms with Crippen molar-refractivity contribution in [2.45, 2.75) is 0 Å². The van der Waals surface area contributed by atoms with Gasteiger partial charge in [-0.15, -0.1) is 0 Å². The Balaban J connectivity index is 2.94. The maximum atomic E-state index is 12.8. The summed E-state index contributed by atoms with van der Waals surface area (Å²) >= 11 is 0. The molecule has 0 saturated heterocycles. The summed E-state index contributed by atoms with van der Waals surface area (Å²) in [5, 5.41) is 6.72. The van der Waals surface area contributed by atoms with Crippen LogP contribution in [0.1, 0.15) is 0 Å². The van der Waals surface area contributed by atoms with E-state index in [1.165, 1.54) is 6.07 Å². The first-order valence-electron chi connectivity index (χ1n) is 3.09. The normalized spacial score (nSPS) is 10.6. The van der Waals surface area contributed by atoms with Crippen LogP contribution >= 0.6 is 0 Å². The van der Waals surface area contributed by atoms with E-state index in [0.717, 1.165) is 0 Å². The third-order valence-corrected chi connectivity index (χ3v) is 1.51. The molecule has 55 valence electrons. The zero-order chi connectivity index (χ0) is 7.84. The van der Waals surface area contributed by atoms with Crippen molar-refractivity contribution in [3.05, 3.63) is 24.0 Å². The van der Waals surface area contributed by atoms with Gasteiger partial charge >= 0.3 is 0 Å². The summed E-state index contributed by atoms with van der Waals surface area (Å²) < 4.78 is 12.8. The zero-order valence-corrected chi connectivity index (χ0v) is 5.56. The van der Waals surface area contributed by atoms with E-state index in [4.69, 9.17) is 5.73 Å². The molecule has 0 amide bonds. The number of aromatic nitrogens is 2. The number of benzene rings is 1. The quantitative estimate of drug-likeness (QED) is 0.590. The van der Waals surface area contributed by atoms with E-state index in [0.29, 0.717) is 16.7 Å². The van der Waals surface area contributed by atoms with Crippen LogP contribution in [-0.4, -0.2) is 10.2 Å². The van der Waals surface area contributed by atoms with E-state index in [2.05, 4.69) is 16.3 Å². The Morgan fingerprint density at radius 2 is 2.45 bits per heavy atom. The van der Waals surface area contributed by atoms with Gasteiger partial charge in [-0.25, -0.2) is 4.39 Å². The molecule has 4 heteroatoms. The standard InChI is InChI=1S/C7H5FN3/c8-5-3-1-2-4-6(5)10-11-7(4)9/h1-2H,(H3,9,10,11). The number of H-pyrrole nitrogens is 1. The molecule has 2 aromatic rings. The van der Waals surface area contributed by atoms with Gasteiger partial charge in [0.25, 0.3) is 0 Å². The second-order valence-corrected chi connectivity index (χ2v) is 2.19. The van der Waals surface area contributed by atoms with Crippen molar-refractivity contribution >= 4 is 16.7 Å². The first-order chi connectivity index (χ1) is 5.29. The van der Waals surface area contributed by atoms with Crippen molar-refractivity contribution in [3.8, 4) is 0 Å². The summed E-state index contributed by atoms with van der Waals surface area (Å²) in [4.78, 5) is 0. The number of nitrogens with one attached hydrogen (secondary N) is 1. The number of aromatic amines is 1. The first-order valence-corrected chi connectivity index (χ1v) is 3.09. The Bertz CT molecular complexity index is 393. The lowest BCUT2D eigenvalue weighted by Crippen LogP contribution is -1.83. The Morgan fingerprint density at radius 1 is 1.64 bits per heavy atom. The molecule has 0 aliphatic rings. The molecule has 0 atom stereocenters. The van der Waals surface area contributed by atoms with E-state index in [9.17, 15) is 4.39 Å². The highest BCUT2D eigenvalue weighted by Gasteiger charge is 2.04. The van der Waals surface area contributed by atoms with Crippen LogP contribution in [0.25, 0.3) is 10.9 Å². The molecule has 11 heavy (non-hydrogen) atoms. The highest BCUT2D eigenvalue weighted by molar-refractivity contribution is 5.88. The fourth-order valence-corrected chi connectivity index (χ4v) is 0.971. The van der Waals surface area contributed by atoms with Gasteiger partial charge in [-0.2, -0.15) is 5.10 Å². The van der Waals surface area contributed by atoms with Gasteiger partial charge in [0.1, 0.15) is 5.52 Å². The molecule has 2 rings (SSSR count). The Labute approximate surface area is 62.0 Å². The van der Waals surface area contributed by atoms with Crippen molar-refractivity contribution in [2.24, 2.45) is 0 Å². The SMILES string of the molecule is Nc1n[nH]c2c(F)[c]ccc12. The lowest BCUT2D eigenvalue weighted by molar-refractivity contribution is 0.634. The molecule has 1 aromatic carbocycles. The summed E-state index contributed by atoms with van der Waals surface area (Å²) in [5.41, 5.74) is 5.73. The van der Waals surface area contributed by atoms with E-state index in [1.807, 2.05) is 0 Å². The van der Waals surface area contributed by atoms with Crippen molar-refractivity contribution in [2.75, 3.05) is 5.73 Å². The minimum Gasteiger partial charge on any atom is -0.382 e. The van der Waals surface area contributed by atoms with Crippen molar-refractivity contribution in [3.63, 3.8) is 0 Å². The number of nitrogen functional groups attached to an aromatic ring is 1. The van der Waals surface area contributed by atoms with Gasteiger partial charge in [-0.05, 0) is 6.07 Å². The maximum absolute atomic E-state index is 12.8. The van der Waals surface area contributed by atoms with Crippen molar-refractivity contribution < 1.29 is 4.39 Å². The number of nitrogens with two attached hydrogens (primary N) is 1. The van der Waals surface area contributed by atoms with Crippen molar-refractivity contribution in [1.82, 2.24) is 10.2 Å². The number of nitrogens with zero attached hydrogens (tertiary/aromatic N) is 1. The van der Waals surface area contributed by atoms with E-state index in [-0.39, 0.29) is 0 Å². The minimum absolute atomic E-state index is 0.310.